The van der Waals surface area contributed by atoms with Crippen LogP contribution in [-0.4, -0.2) is 21.3 Å². The van der Waals surface area contributed by atoms with Crippen LogP contribution in [0.15, 0.2) is 41.9 Å². The van der Waals surface area contributed by atoms with E-state index in [1.54, 1.807) is 11.3 Å². The molecule has 0 amide bonds. The van der Waals surface area contributed by atoms with E-state index in [1.165, 1.54) is 4.88 Å². The predicted molar refractivity (Wildman–Crippen MR) is 91.8 cm³/mol. The molecular formula is C16H15N5S. The Balaban J connectivity index is 1.96. The lowest BCUT2D eigenvalue weighted by atomic mass is 10.1. The first-order valence-electron chi connectivity index (χ1n) is 7.06. The van der Waals surface area contributed by atoms with Gasteiger partial charge in [0.05, 0.1) is 12.1 Å². The summed E-state index contributed by atoms with van der Waals surface area (Å²) in [4.78, 5) is 5.75. The molecule has 0 aliphatic heterocycles. The van der Waals surface area contributed by atoms with Crippen molar-refractivity contribution < 1.29 is 0 Å². The van der Waals surface area contributed by atoms with Crippen molar-refractivity contribution in [1.29, 1.82) is 0 Å². The third-order valence-corrected chi connectivity index (χ3v) is 4.62. The minimum Gasteiger partial charge on any atom is -0.382 e. The van der Waals surface area contributed by atoms with Gasteiger partial charge in [0.1, 0.15) is 5.52 Å². The summed E-state index contributed by atoms with van der Waals surface area (Å²) < 4.78 is 1.83. The van der Waals surface area contributed by atoms with Crippen LogP contribution >= 0.6 is 11.3 Å². The van der Waals surface area contributed by atoms with Crippen molar-refractivity contribution in [1.82, 2.24) is 14.8 Å². The van der Waals surface area contributed by atoms with Crippen LogP contribution in [0.5, 0.6) is 0 Å². The molecule has 0 spiro atoms. The van der Waals surface area contributed by atoms with Crippen molar-refractivity contribution in [3.8, 4) is 10.4 Å². The van der Waals surface area contributed by atoms with Crippen molar-refractivity contribution in [3.63, 3.8) is 0 Å². The molecule has 4 aromatic rings. The van der Waals surface area contributed by atoms with E-state index in [2.05, 4.69) is 39.7 Å². The summed E-state index contributed by atoms with van der Waals surface area (Å²) >= 11 is 1.71. The molecule has 3 aromatic heterocycles. The number of fused-ring (bicyclic) bond motifs is 3. The number of nitrogens with two attached hydrogens (primary N) is 2. The number of hydrogen-bond acceptors (Lipinski definition) is 5. The fourth-order valence-electron chi connectivity index (χ4n) is 2.69. The third-order valence-electron chi connectivity index (χ3n) is 3.70. The van der Waals surface area contributed by atoms with Crippen LogP contribution in [0.4, 0.5) is 5.82 Å². The van der Waals surface area contributed by atoms with Gasteiger partial charge in [-0.1, -0.05) is 18.2 Å². The first kappa shape index (κ1) is 13.2. The molecule has 0 aliphatic carbocycles. The monoisotopic (exact) mass is 309 g/mol. The zero-order valence-corrected chi connectivity index (χ0v) is 12.7. The van der Waals surface area contributed by atoms with Gasteiger partial charge in [-0.2, -0.15) is 5.10 Å². The maximum absolute atomic E-state index is 6.08. The molecule has 0 radical (unpaired) electrons. The lowest BCUT2D eigenvalue weighted by Crippen LogP contribution is -2.09. The largest absolute Gasteiger partial charge is 0.382 e. The van der Waals surface area contributed by atoms with Crippen LogP contribution in [0.1, 0.15) is 0 Å². The van der Waals surface area contributed by atoms with Crippen molar-refractivity contribution in [2.24, 2.45) is 5.73 Å². The molecule has 0 bridgehead atoms. The number of nitrogens with zero attached hydrogens (tertiary/aromatic N) is 3. The molecular weight excluding hydrogens is 294 g/mol. The first-order chi connectivity index (χ1) is 10.8. The molecule has 6 heteroatoms. The van der Waals surface area contributed by atoms with Crippen LogP contribution in [0, 0.1) is 0 Å². The quantitative estimate of drug-likeness (QED) is 0.609. The van der Waals surface area contributed by atoms with Crippen LogP contribution in [-0.2, 0) is 6.54 Å². The standard InChI is InChI=1S/C16H15N5S/c17-5-6-21-9-12-11-4-3-10(14-2-1-7-22-14)8-13(11)19-16(18)15(12)20-21/h1-4,7-9H,5-6,17H2,(H2,18,19). The average Bonchev–Trinajstić information content (AvgIpc) is 3.17. The van der Waals surface area contributed by atoms with Crippen LogP contribution in [0.3, 0.4) is 0 Å². The predicted octanol–water partition coefficient (Wildman–Crippen LogP) is 2.85. The molecule has 3 heterocycles. The second kappa shape index (κ2) is 5.08. The summed E-state index contributed by atoms with van der Waals surface area (Å²) in [5.41, 5.74) is 14.5. The second-order valence-electron chi connectivity index (χ2n) is 5.15. The molecule has 0 unspecified atom stereocenters. The Kier molecular flexibility index (Phi) is 3.06. The van der Waals surface area contributed by atoms with Crippen molar-refractivity contribution in [2.75, 3.05) is 12.3 Å². The van der Waals surface area contributed by atoms with E-state index in [0.717, 1.165) is 27.4 Å². The van der Waals surface area contributed by atoms with Gasteiger partial charge in [-0.3, -0.25) is 4.68 Å². The number of rotatable bonds is 3. The fourth-order valence-corrected chi connectivity index (χ4v) is 3.41. The highest BCUT2D eigenvalue weighted by atomic mass is 32.1. The molecule has 0 fully saturated rings. The van der Waals surface area contributed by atoms with Crippen molar-refractivity contribution in [3.05, 3.63) is 41.9 Å². The smallest absolute Gasteiger partial charge is 0.152 e. The number of aromatic nitrogens is 3. The zero-order chi connectivity index (χ0) is 15.1. The van der Waals surface area contributed by atoms with Gasteiger partial charge in [-0.15, -0.1) is 11.3 Å². The minimum atomic E-state index is 0.460. The van der Waals surface area contributed by atoms with E-state index in [9.17, 15) is 0 Å². The Labute approximate surface area is 131 Å². The number of nitrogen functional groups attached to an aromatic ring is 1. The Morgan fingerprint density at radius 3 is 2.86 bits per heavy atom. The highest BCUT2D eigenvalue weighted by Crippen LogP contribution is 2.31. The van der Waals surface area contributed by atoms with Crippen LogP contribution in [0.25, 0.3) is 32.2 Å². The number of thiophene rings is 1. The number of anilines is 1. The van der Waals surface area contributed by atoms with Gasteiger partial charge in [0.15, 0.2) is 5.82 Å². The SMILES string of the molecule is NCCn1cc2c(n1)c(N)nc1cc(-c3cccs3)ccc12. The second-order valence-corrected chi connectivity index (χ2v) is 6.10. The highest BCUT2D eigenvalue weighted by Gasteiger charge is 2.11. The van der Waals surface area contributed by atoms with Crippen molar-refractivity contribution >= 4 is 39.0 Å². The molecule has 0 saturated carbocycles. The van der Waals surface area contributed by atoms with Crippen LogP contribution < -0.4 is 11.5 Å². The first-order valence-corrected chi connectivity index (χ1v) is 7.94. The minimum absolute atomic E-state index is 0.460. The molecule has 5 nitrogen and oxygen atoms in total. The van der Waals surface area contributed by atoms with Crippen LogP contribution in [0.2, 0.25) is 0 Å². The third kappa shape index (κ3) is 2.04. The Bertz CT molecular complexity index is 956. The molecule has 0 aliphatic rings. The summed E-state index contributed by atoms with van der Waals surface area (Å²) in [6.45, 7) is 1.21. The van der Waals surface area contributed by atoms with Gasteiger partial charge in [-0.25, -0.2) is 4.98 Å². The lowest BCUT2D eigenvalue weighted by Gasteiger charge is -2.03. The van der Waals surface area contributed by atoms with Crippen molar-refractivity contribution in [2.45, 2.75) is 6.54 Å². The Morgan fingerprint density at radius 2 is 2.09 bits per heavy atom. The summed E-state index contributed by atoms with van der Waals surface area (Å²) in [6.07, 6.45) is 1.99. The van der Waals surface area contributed by atoms with E-state index in [-0.39, 0.29) is 0 Å². The van der Waals surface area contributed by atoms with Gasteiger partial charge >= 0.3 is 0 Å². The number of pyridine rings is 1. The molecule has 0 atom stereocenters. The summed E-state index contributed by atoms with van der Waals surface area (Å²) in [5.74, 6) is 0.460. The molecule has 1 aromatic carbocycles. The van der Waals surface area contributed by atoms with Gasteiger partial charge in [0.2, 0.25) is 0 Å². The summed E-state index contributed by atoms with van der Waals surface area (Å²) in [5, 5.41) is 8.63. The van der Waals surface area contributed by atoms with Gasteiger partial charge < -0.3 is 11.5 Å². The lowest BCUT2D eigenvalue weighted by molar-refractivity contribution is 0.632. The zero-order valence-electron chi connectivity index (χ0n) is 11.9. The summed E-state index contributed by atoms with van der Waals surface area (Å²) in [7, 11) is 0. The molecule has 0 saturated heterocycles. The fraction of sp³-hybridized carbons (Fsp3) is 0.125. The topological polar surface area (TPSA) is 82.8 Å². The average molecular weight is 309 g/mol. The normalized spacial score (nSPS) is 11.5. The Hall–Kier alpha value is -2.44. The van der Waals surface area contributed by atoms with Gasteiger partial charge in [0, 0.05) is 28.4 Å². The number of benzene rings is 1. The van der Waals surface area contributed by atoms with E-state index in [0.29, 0.717) is 18.9 Å². The van der Waals surface area contributed by atoms with E-state index in [4.69, 9.17) is 11.5 Å². The molecule has 110 valence electrons. The van der Waals surface area contributed by atoms with E-state index >= 15 is 0 Å². The summed E-state index contributed by atoms with van der Waals surface area (Å²) in [6, 6.07) is 10.4. The molecule has 4 N–H and O–H groups in total. The maximum atomic E-state index is 6.08. The molecule has 22 heavy (non-hydrogen) atoms. The van der Waals surface area contributed by atoms with Gasteiger partial charge in [0.25, 0.3) is 0 Å². The highest BCUT2D eigenvalue weighted by molar-refractivity contribution is 7.13. The molecule has 4 rings (SSSR count). The van der Waals surface area contributed by atoms with E-state index in [1.807, 2.05) is 16.9 Å². The van der Waals surface area contributed by atoms with Gasteiger partial charge in [-0.05, 0) is 23.1 Å². The number of hydrogen-bond donors (Lipinski definition) is 2. The maximum Gasteiger partial charge on any atom is 0.152 e. The Morgan fingerprint density at radius 1 is 1.18 bits per heavy atom. The van der Waals surface area contributed by atoms with E-state index < -0.39 is 0 Å².